The molecule has 0 amide bonds. The Morgan fingerprint density at radius 3 is 2.38 bits per heavy atom. The van der Waals surface area contributed by atoms with Crippen molar-refractivity contribution < 1.29 is 5.11 Å². The number of aliphatic hydroxyl groups is 1. The van der Waals surface area contributed by atoms with Crippen LogP contribution in [-0.2, 0) is 0 Å². The Kier molecular flexibility index (Phi) is 4.23. The first-order valence-electron chi connectivity index (χ1n) is 8.70. The number of rotatable bonds is 3. The molecule has 1 atom stereocenters. The van der Waals surface area contributed by atoms with Crippen LogP contribution in [-0.4, -0.2) is 15.1 Å². The molecule has 0 aliphatic carbocycles. The number of fused-ring (bicyclic) bond motifs is 1. The highest BCUT2D eigenvalue weighted by atomic mass is 16.3. The van der Waals surface area contributed by atoms with Gasteiger partial charge in [0.1, 0.15) is 6.10 Å². The lowest BCUT2D eigenvalue weighted by atomic mass is 9.95. The summed E-state index contributed by atoms with van der Waals surface area (Å²) in [5.41, 5.74) is 6.53. The summed E-state index contributed by atoms with van der Waals surface area (Å²) in [7, 11) is 0. The normalized spacial score (nSPS) is 12.3. The molecule has 2 heterocycles. The lowest BCUT2D eigenvalue weighted by Crippen LogP contribution is -2.05. The predicted octanol–water partition coefficient (Wildman–Crippen LogP) is 5.00. The summed E-state index contributed by atoms with van der Waals surface area (Å²) in [5, 5.41) is 12.0. The molecule has 3 heteroatoms. The van der Waals surface area contributed by atoms with Crippen molar-refractivity contribution in [3.63, 3.8) is 0 Å². The first-order valence-corrected chi connectivity index (χ1v) is 8.70. The molecular weight excluding hydrogens is 320 g/mol. The zero-order valence-electron chi connectivity index (χ0n) is 14.8. The molecule has 0 fully saturated rings. The molecule has 0 saturated carbocycles. The average Bonchev–Trinajstić information content (AvgIpc) is 2.68. The van der Waals surface area contributed by atoms with E-state index >= 15 is 0 Å². The molecule has 2 aromatic carbocycles. The lowest BCUT2D eigenvalue weighted by Gasteiger charge is -2.17. The zero-order valence-corrected chi connectivity index (χ0v) is 14.8. The number of benzene rings is 2. The Hall–Kier alpha value is -3.04. The molecule has 0 bridgehead atoms. The third-order valence-corrected chi connectivity index (χ3v) is 4.61. The fraction of sp³-hybridized carbons (Fsp3) is 0.130. The van der Waals surface area contributed by atoms with Gasteiger partial charge in [0.25, 0.3) is 0 Å². The summed E-state index contributed by atoms with van der Waals surface area (Å²) in [6.45, 7) is 4.13. The lowest BCUT2D eigenvalue weighted by molar-refractivity contribution is 0.217. The van der Waals surface area contributed by atoms with Gasteiger partial charge in [-0.15, -0.1) is 0 Å². The van der Waals surface area contributed by atoms with Gasteiger partial charge < -0.3 is 5.11 Å². The Labute approximate surface area is 153 Å². The Balaban J connectivity index is 2.00. The second-order valence-electron chi connectivity index (χ2n) is 6.60. The number of hydrogen-bond donors (Lipinski definition) is 1. The molecule has 128 valence electrons. The van der Waals surface area contributed by atoms with Crippen LogP contribution in [0.3, 0.4) is 0 Å². The average molecular weight is 340 g/mol. The van der Waals surface area contributed by atoms with E-state index in [0.717, 1.165) is 38.9 Å². The summed E-state index contributed by atoms with van der Waals surface area (Å²) in [6, 6.07) is 21.8. The van der Waals surface area contributed by atoms with Gasteiger partial charge in [0.2, 0.25) is 0 Å². The van der Waals surface area contributed by atoms with E-state index in [4.69, 9.17) is 4.98 Å². The first-order chi connectivity index (χ1) is 12.6. The van der Waals surface area contributed by atoms with Crippen molar-refractivity contribution in [3.05, 3.63) is 95.3 Å². The van der Waals surface area contributed by atoms with Crippen molar-refractivity contribution in [3.8, 4) is 11.3 Å². The monoisotopic (exact) mass is 340 g/mol. The highest BCUT2D eigenvalue weighted by Gasteiger charge is 2.18. The molecule has 3 nitrogen and oxygen atoms in total. The minimum absolute atomic E-state index is 0.637. The van der Waals surface area contributed by atoms with E-state index in [0.29, 0.717) is 5.69 Å². The Morgan fingerprint density at radius 1 is 0.885 bits per heavy atom. The van der Waals surface area contributed by atoms with E-state index in [1.807, 2.05) is 54.6 Å². The third kappa shape index (κ3) is 2.98. The number of aryl methyl sites for hydroxylation is 2. The van der Waals surface area contributed by atoms with Crippen LogP contribution in [0.15, 0.2) is 72.9 Å². The molecule has 26 heavy (non-hydrogen) atoms. The van der Waals surface area contributed by atoms with E-state index in [9.17, 15) is 5.11 Å². The maximum Gasteiger partial charge on any atom is 0.122 e. The molecule has 1 unspecified atom stereocenters. The molecule has 4 rings (SSSR count). The van der Waals surface area contributed by atoms with Crippen molar-refractivity contribution in [1.29, 1.82) is 0 Å². The van der Waals surface area contributed by atoms with E-state index in [2.05, 4.69) is 31.0 Å². The molecule has 2 aromatic heterocycles. The highest BCUT2D eigenvalue weighted by molar-refractivity contribution is 5.89. The number of nitrogens with zero attached hydrogens (tertiary/aromatic N) is 2. The Morgan fingerprint density at radius 2 is 1.65 bits per heavy atom. The maximum absolute atomic E-state index is 11.1. The van der Waals surface area contributed by atoms with Gasteiger partial charge in [-0.25, -0.2) is 4.98 Å². The summed E-state index contributed by atoms with van der Waals surface area (Å²) < 4.78 is 0. The van der Waals surface area contributed by atoms with E-state index in [1.165, 1.54) is 0 Å². The summed E-state index contributed by atoms with van der Waals surface area (Å²) in [6.07, 6.45) is 0.904. The zero-order chi connectivity index (χ0) is 18.1. The van der Waals surface area contributed by atoms with Crippen molar-refractivity contribution >= 4 is 10.9 Å². The smallest absolute Gasteiger partial charge is 0.122 e. The number of aliphatic hydroxyl groups excluding tert-OH is 1. The highest BCUT2D eigenvalue weighted by Crippen LogP contribution is 2.33. The topological polar surface area (TPSA) is 46.0 Å². The number of aromatic nitrogens is 2. The molecule has 1 N–H and O–H groups in total. The van der Waals surface area contributed by atoms with Gasteiger partial charge in [0.05, 0.1) is 16.9 Å². The number of pyridine rings is 2. The quantitative estimate of drug-likeness (QED) is 0.571. The molecular formula is C23H20N2O. The second-order valence-corrected chi connectivity index (χ2v) is 6.60. The molecule has 0 saturated heterocycles. The van der Waals surface area contributed by atoms with Gasteiger partial charge in [-0.1, -0.05) is 48.0 Å². The van der Waals surface area contributed by atoms with Crippen molar-refractivity contribution in [1.82, 2.24) is 9.97 Å². The fourth-order valence-electron chi connectivity index (χ4n) is 3.39. The maximum atomic E-state index is 11.1. The van der Waals surface area contributed by atoms with Crippen LogP contribution in [0.5, 0.6) is 0 Å². The molecule has 0 aliphatic rings. The number of hydrogen-bond acceptors (Lipinski definition) is 3. The van der Waals surface area contributed by atoms with Gasteiger partial charge in [0.15, 0.2) is 0 Å². The summed E-state index contributed by atoms with van der Waals surface area (Å²) in [5.74, 6) is 0. The molecule has 0 radical (unpaired) electrons. The SMILES string of the molecule is Cc1cc(C)c2nc(-c3ccccc3)cc(C(O)c3ccccn3)c2c1. The van der Waals surface area contributed by atoms with E-state index in [1.54, 1.807) is 6.20 Å². The molecule has 0 aliphatic heterocycles. The van der Waals surface area contributed by atoms with Gasteiger partial charge >= 0.3 is 0 Å². The van der Waals surface area contributed by atoms with Gasteiger partial charge in [-0.05, 0) is 49.2 Å². The van der Waals surface area contributed by atoms with Crippen LogP contribution in [0.2, 0.25) is 0 Å². The van der Waals surface area contributed by atoms with E-state index in [-0.39, 0.29) is 0 Å². The minimum Gasteiger partial charge on any atom is -0.382 e. The Bertz CT molecular complexity index is 1060. The van der Waals surface area contributed by atoms with E-state index < -0.39 is 6.10 Å². The standard InChI is InChI=1S/C23H20N2O/c1-15-12-16(2)22-18(13-15)19(23(26)20-10-6-7-11-24-20)14-21(25-22)17-8-4-3-5-9-17/h3-14,23,26H,1-2H3. The second kappa shape index (κ2) is 6.70. The van der Waals surface area contributed by atoms with Gasteiger partial charge in [0, 0.05) is 17.1 Å². The largest absolute Gasteiger partial charge is 0.382 e. The van der Waals surface area contributed by atoms with Crippen molar-refractivity contribution in [2.45, 2.75) is 20.0 Å². The fourth-order valence-corrected chi connectivity index (χ4v) is 3.39. The van der Waals surface area contributed by atoms with Crippen LogP contribution in [0.25, 0.3) is 22.2 Å². The van der Waals surface area contributed by atoms with Crippen molar-refractivity contribution in [2.75, 3.05) is 0 Å². The summed E-state index contributed by atoms with van der Waals surface area (Å²) >= 11 is 0. The van der Waals surface area contributed by atoms with Crippen LogP contribution in [0.4, 0.5) is 0 Å². The van der Waals surface area contributed by atoms with Crippen molar-refractivity contribution in [2.24, 2.45) is 0 Å². The van der Waals surface area contributed by atoms with Gasteiger partial charge in [-0.2, -0.15) is 0 Å². The third-order valence-electron chi connectivity index (χ3n) is 4.61. The predicted molar refractivity (Wildman–Crippen MR) is 105 cm³/mol. The molecule has 4 aromatic rings. The van der Waals surface area contributed by atoms with Gasteiger partial charge in [-0.3, -0.25) is 4.98 Å². The van der Waals surface area contributed by atoms with Crippen LogP contribution < -0.4 is 0 Å². The minimum atomic E-state index is -0.801. The van der Waals surface area contributed by atoms with Crippen LogP contribution in [0, 0.1) is 13.8 Å². The van der Waals surface area contributed by atoms with Crippen LogP contribution in [0.1, 0.15) is 28.5 Å². The molecule has 0 spiro atoms. The summed E-state index contributed by atoms with van der Waals surface area (Å²) in [4.78, 5) is 9.23. The first kappa shape index (κ1) is 16.4. The van der Waals surface area contributed by atoms with Crippen LogP contribution >= 0.6 is 0 Å².